The Labute approximate surface area is 166 Å². The summed E-state index contributed by atoms with van der Waals surface area (Å²) in [4.78, 5) is 25.5. The summed E-state index contributed by atoms with van der Waals surface area (Å²) in [6.07, 6.45) is 2.57. The summed E-state index contributed by atoms with van der Waals surface area (Å²) in [5.41, 5.74) is 2.07. The number of hydrogen-bond donors (Lipinski definition) is 0. The molecular formula is C20H22N4O3S. The number of carbonyl (C=O) groups excluding carboxylic acids is 1. The zero-order valence-corrected chi connectivity index (χ0v) is 16.9. The van der Waals surface area contributed by atoms with E-state index in [1.54, 1.807) is 17.5 Å². The van der Waals surface area contributed by atoms with Gasteiger partial charge >= 0.3 is 6.09 Å². The molecule has 5 heterocycles. The number of thiazole rings is 1. The number of rotatable bonds is 2. The van der Waals surface area contributed by atoms with E-state index < -0.39 is 5.60 Å². The summed E-state index contributed by atoms with van der Waals surface area (Å²) < 4.78 is 11.7. The first-order valence-corrected chi connectivity index (χ1v) is 10.3. The third-order valence-corrected chi connectivity index (χ3v) is 5.94. The van der Waals surface area contributed by atoms with E-state index in [1.807, 2.05) is 49.3 Å². The van der Waals surface area contributed by atoms with Gasteiger partial charge in [-0.05, 0) is 39.3 Å². The van der Waals surface area contributed by atoms with Crippen LogP contribution in [0.2, 0.25) is 0 Å². The third-order valence-electron chi connectivity index (χ3n) is 5.13. The number of benzene rings is 1. The number of nitrogens with zero attached hydrogens (tertiary/aromatic N) is 4. The summed E-state index contributed by atoms with van der Waals surface area (Å²) >= 11 is 1.58. The second-order valence-corrected chi connectivity index (χ2v) is 9.22. The van der Waals surface area contributed by atoms with Gasteiger partial charge in [0.25, 0.3) is 6.01 Å². The number of piperidine rings is 1. The van der Waals surface area contributed by atoms with Gasteiger partial charge in [-0.15, -0.1) is 11.3 Å². The predicted octanol–water partition coefficient (Wildman–Crippen LogP) is 4.15. The van der Waals surface area contributed by atoms with Gasteiger partial charge in [-0.2, -0.15) is 4.98 Å². The Bertz CT molecular complexity index is 1010. The van der Waals surface area contributed by atoms with Crippen molar-refractivity contribution in [2.24, 2.45) is 0 Å². The van der Waals surface area contributed by atoms with Crippen LogP contribution in [-0.2, 0) is 4.74 Å². The molecule has 6 rings (SSSR count). The predicted molar refractivity (Wildman–Crippen MR) is 108 cm³/mol. The molecule has 7 nitrogen and oxygen atoms in total. The quantitative estimate of drug-likeness (QED) is 0.646. The third kappa shape index (κ3) is 2.92. The lowest BCUT2D eigenvalue weighted by Gasteiger charge is -2.55. The maximum absolute atomic E-state index is 12.5. The van der Waals surface area contributed by atoms with Gasteiger partial charge in [-0.3, -0.25) is 4.90 Å². The van der Waals surface area contributed by atoms with Gasteiger partial charge in [0.05, 0.1) is 17.6 Å². The Morgan fingerprint density at radius 1 is 1.29 bits per heavy atom. The van der Waals surface area contributed by atoms with E-state index in [1.165, 1.54) is 0 Å². The van der Waals surface area contributed by atoms with E-state index in [0.717, 1.165) is 28.1 Å². The van der Waals surface area contributed by atoms with Gasteiger partial charge < -0.3 is 14.1 Å². The first-order valence-electron chi connectivity index (χ1n) is 9.45. The Balaban J connectivity index is 1.37. The first-order chi connectivity index (χ1) is 13.4. The molecule has 1 aromatic carbocycles. The van der Waals surface area contributed by atoms with Crippen LogP contribution in [0.25, 0.3) is 21.7 Å². The van der Waals surface area contributed by atoms with Crippen molar-refractivity contribution < 1.29 is 13.9 Å². The molecule has 0 aliphatic carbocycles. The standard InChI is InChI=1S/C20H22N4O3S/c1-20(2,3)27-19(25)24-12-9-13(24)11-23(10-12)18-22-15-6-4-5-14(16(15)26-18)17-21-7-8-28-17/h4-8,12-13H,9-11H2,1-3H3. The maximum Gasteiger partial charge on any atom is 0.410 e. The Hall–Kier alpha value is -2.61. The summed E-state index contributed by atoms with van der Waals surface area (Å²) in [5, 5.41) is 2.88. The minimum absolute atomic E-state index is 0.141. The fourth-order valence-electron chi connectivity index (χ4n) is 3.98. The Morgan fingerprint density at radius 2 is 2.07 bits per heavy atom. The number of piperazine rings is 1. The fourth-order valence-corrected chi connectivity index (χ4v) is 4.64. The zero-order valence-electron chi connectivity index (χ0n) is 16.1. The van der Waals surface area contributed by atoms with E-state index in [9.17, 15) is 4.79 Å². The number of carbonyl (C=O) groups is 1. The van der Waals surface area contributed by atoms with Crippen molar-refractivity contribution in [3.8, 4) is 10.6 Å². The normalized spacial score (nSPS) is 21.7. The molecule has 2 atom stereocenters. The van der Waals surface area contributed by atoms with Crippen LogP contribution < -0.4 is 4.90 Å². The zero-order chi connectivity index (χ0) is 19.5. The SMILES string of the molecule is CC(C)(C)OC(=O)N1C2CC1CN(c1nc3cccc(-c4nccs4)c3o1)C2. The molecule has 0 saturated carbocycles. The fraction of sp³-hybridized carbons (Fsp3) is 0.450. The van der Waals surface area contributed by atoms with Crippen molar-refractivity contribution in [3.63, 3.8) is 0 Å². The molecule has 0 N–H and O–H groups in total. The van der Waals surface area contributed by atoms with Crippen LogP contribution >= 0.6 is 11.3 Å². The van der Waals surface area contributed by atoms with Gasteiger partial charge in [-0.25, -0.2) is 9.78 Å². The Morgan fingerprint density at radius 3 is 2.75 bits per heavy atom. The van der Waals surface area contributed by atoms with Crippen LogP contribution in [0.5, 0.6) is 0 Å². The van der Waals surface area contributed by atoms with Gasteiger partial charge in [0.2, 0.25) is 0 Å². The topological polar surface area (TPSA) is 71.7 Å². The molecule has 3 saturated heterocycles. The monoisotopic (exact) mass is 398 g/mol. The van der Waals surface area contributed by atoms with E-state index in [4.69, 9.17) is 14.1 Å². The summed E-state index contributed by atoms with van der Waals surface area (Å²) in [5.74, 6) is 0. The number of anilines is 1. The van der Waals surface area contributed by atoms with Crippen LogP contribution in [0, 0.1) is 0 Å². The number of fused-ring (bicyclic) bond motifs is 3. The summed E-state index contributed by atoms with van der Waals surface area (Å²) in [6, 6.07) is 6.83. The highest BCUT2D eigenvalue weighted by molar-refractivity contribution is 7.13. The molecule has 2 unspecified atom stereocenters. The molecular weight excluding hydrogens is 376 g/mol. The van der Waals surface area contributed by atoms with Crippen LogP contribution in [-0.4, -0.2) is 51.7 Å². The maximum atomic E-state index is 12.5. The lowest BCUT2D eigenvalue weighted by Crippen LogP contribution is -2.70. The average Bonchev–Trinajstić information content (AvgIpc) is 3.29. The summed E-state index contributed by atoms with van der Waals surface area (Å²) in [7, 11) is 0. The van der Waals surface area contributed by atoms with E-state index in [-0.39, 0.29) is 18.2 Å². The Kier molecular flexibility index (Phi) is 3.87. The molecule has 3 aliphatic heterocycles. The van der Waals surface area contributed by atoms with Crippen molar-refractivity contribution >= 4 is 34.5 Å². The minimum Gasteiger partial charge on any atom is -0.444 e. The molecule has 2 aromatic heterocycles. The molecule has 28 heavy (non-hydrogen) atoms. The number of oxazole rings is 1. The first kappa shape index (κ1) is 17.5. The van der Waals surface area contributed by atoms with Gasteiger partial charge in [-0.1, -0.05) is 6.07 Å². The van der Waals surface area contributed by atoms with Crippen molar-refractivity contribution in [1.82, 2.24) is 14.9 Å². The van der Waals surface area contributed by atoms with Crippen molar-refractivity contribution in [2.75, 3.05) is 18.0 Å². The van der Waals surface area contributed by atoms with Gasteiger partial charge in [0.1, 0.15) is 16.1 Å². The number of hydrogen-bond acceptors (Lipinski definition) is 7. The molecule has 8 heteroatoms. The highest BCUT2D eigenvalue weighted by atomic mass is 32.1. The molecule has 0 radical (unpaired) electrons. The molecule has 3 fully saturated rings. The molecule has 3 aromatic rings. The second kappa shape index (κ2) is 6.20. The number of amides is 1. The molecule has 1 amide bonds. The highest BCUT2D eigenvalue weighted by Crippen LogP contribution is 2.38. The van der Waals surface area contributed by atoms with E-state index in [2.05, 4.69) is 9.88 Å². The smallest absolute Gasteiger partial charge is 0.410 e. The van der Waals surface area contributed by atoms with Crippen molar-refractivity contribution in [1.29, 1.82) is 0 Å². The lowest BCUT2D eigenvalue weighted by molar-refractivity contribution is -0.0386. The lowest BCUT2D eigenvalue weighted by atomic mass is 9.88. The van der Waals surface area contributed by atoms with Crippen LogP contribution in [0.3, 0.4) is 0 Å². The molecule has 146 valence electrons. The van der Waals surface area contributed by atoms with E-state index >= 15 is 0 Å². The van der Waals surface area contributed by atoms with Crippen LogP contribution in [0.15, 0.2) is 34.2 Å². The van der Waals surface area contributed by atoms with Crippen LogP contribution in [0.1, 0.15) is 27.2 Å². The van der Waals surface area contributed by atoms with Crippen molar-refractivity contribution in [2.45, 2.75) is 44.9 Å². The van der Waals surface area contributed by atoms with Gasteiger partial charge in [0.15, 0.2) is 5.58 Å². The second-order valence-electron chi connectivity index (χ2n) is 8.32. The highest BCUT2D eigenvalue weighted by Gasteiger charge is 2.49. The molecule has 3 aliphatic rings. The van der Waals surface area contributed by atoms with E-state index in [0.29, 0.717) is 19.1 Å². The number of ether oxygens (including phenoxy) is 1. The largest absolute Gasteiger partial charge is 0.444 e. The van der Waals surface area contributed by atoms with Crippen molar-refractivity contribution in [3.05, 3.63) is 29.8 Å². The van der Waals surface area contributed by atoms with Gasteiger partial charge in [0, 0.05) is 24.7 Å². The number of aromatic nitrogens is 2. The number of para-hydroxylation sites is 1. The average molecular weight is 398 g/mol. The molecule has 2 bridgehead atoms. The minimum atomic E-state index is -0.479. The molecule has 0 spiro atoms. The summed E-state index contributed by atoms with van der Waals surface area (Å²) in [6.45, 7) is 7.09. The van der Waals surface area contributed by atoms with Crippen LogP contribution in [0.4, 0.5) is 10.8 Å².